The molecule has 1 saturated heterocycles. The first kappa shape index (κ1) is 19.1. The summed E-state index contributed by atoms with van der Waals surface area (Å²) >= 11 is 10.4. The summed E-state index contributed by atoms with van der Waals surface area (Å²) in [7, 11) is -3.68. The zero-order valence-electron chi connectivity index (χ0n) is 13.8. The van der Waals surface area contributed by atoms with Crippen molar-refractivity contribution in [1.82, 2.24) is 15.9 Å². The molecule has 0 bridgehead atoms. The summed E-state index contributed by atoms with van der Waals surface area (Å²) in [5.41, 5.74) is 0.186. The first-order valence-corrected chi connectivity index (χ1v) is 11.8. The standard InChI is InChI=1S/C14H14ClI2N5O3S/c1-6-3-20-8(4-21(6)16)5-26(24,25)11-9-12(20)19-14(23)22(17)13(9)18-7(2)10(11)15/h6,8H,3-5H2,1-2H3. The van der Waals surface area contributed by atoms with Gasteiger partial charge in [0.2, 0.25) is 0 Å². The van der Waals surface area contributed by atoms with Crippen molar-refractivity contribution in [1.29, 1.82) is 0 Å². The number of aryl methyl sites for hydroxylation is 1. The smallest absolute Gasteiger partial charge is 0.349 e. The Bertz CT molecular complexity index is 1110. The Morgan fingerprint density at radius 3 is 2.62 bits per heavy atom. The van der Waals surface area contributed by atoms with E-state index >= 15 is 0 Å². The molecule has 0 spiro atoms. The Morgan fingerprint density at radius 1 is 1.23 bits per heavy atom. The number of pyridine rings is 1. The molecule has 0 aromatic carbocycles. The van der Waals surface area contributed by atoms with E-state index < -0.39 is 15.5 Å². The highest BCUT2D eigenvalue weighted by molar-refractivity contribution is 14.1. The summed E-state index contributed by atoms with van der Waals surface area (Å²) in [6.07, 6.45) is 0. The van der Waals surface area contributed by atoms with Crippen LogP contribution in [-0.2, 0) is 9.84 Å². The van der Waals surface area contributed by atoms with E-state index in [1.54, 1.807) is 29.8 Å². The van der Waals surface area contributed by atoms with Crippen LogP contribution >= 0.6 is 57.3 Å². The molecule has 0 saturated carbocycles. The van der Waals surface area contributed by atoms with Gasteiger partial charge in [-0.25, -0.2) is 24.1 Å². The number of fused-ring (bicyclic) bond motifs is 2. The molecule has 2 aromatic rings. The number of aromatic nitrogens is 3. The molecule has 0 radical (unpaired) electrons. The van der Waals surface area contributed by atoms with Gasteiger partial charge < -0.3 is 4.90 Å². The third-order valence-electron chi connectivity index (χ3n) is 4.78. The van der Waals surface area contributed by atoms with E-state index in [0.717, 1.165) is 0 Å². The second-order valence-corrected chi connectivity index (χ2v) is 11.1. The van der Waals surface area contributed by atoms with E-state index in [1.165, 1.54) is 2.78 Å². The molecule has 2 aliphatic heterocycles. The zero-order valence-corrected chi connectivity index (χ0v) is 19.7. The lowest BCUT2D eigenvalue weighted by Gasteiger charge is -2.42. The van der Waals surface area contributed by atoms with Crippen LogP contribution in [0.3, 0.4) is 0 Å². The Hall–Kier alpha value is -0.250. The maximum absolute atomic E-state index is 13.2. The highest BCUT2D eigenvalue weighted by Gasteiger charge is 2.41. The minimum atomic E-state index is -3.68. The van der Waals surface area contributed by atoms with Crippen LogP contribution in [0, 0.1) is 6.92 Å². The van der Waals surface area contributed by atoms with Crippen LogP contribution in [0.15, 0.2) is 9.69 Å². The summed E-state index contributed by atoms with van der Waals surface area (Å²) in [5, 5.41) is 0.445. The number of sulfone groups is 1. The van der Waals surface area contributed by atoms with Crippen LogP contribution < -0.4 is 10.6 Å². The molecule has 26 heavy (non-hydrogen) atoms. The van der Waals surface area contributed by atoms with Gasteiger partial charge in [-0.2, -0.15) is 4.98 Å². The van der Waals surface area contributed by atoms with Crippen LogP contribution in [0.4, 0.5) is 5.82 Å². The molecule has 0 aliphatic carbocycles. The quantitative estimate of drug-likeness (QED) is 0.329. The summed E-state index contributed by atoms with van der Waals surface area (Å²) in [4.78, 5) is 23.0. The summed E-state index contributed by atoms with van der Waals surface area (Å²) < 4.78 is 29.8. The van der Waals surface area contributed by atoms with Crippen LogP contribution in [0.2, 0.25) is 5.02 Å². The Labute approximate surface area is 182 Å². The van der Waals surface area contributed by atoms with Crippen LogP contribution in [0.1, 0.15) is 12.6 Å². The molecular weight excluding hydrogens is 608 g/mol. The normalized spacial score (nSPS) is 25.2. The summed E-state index contributed by atoms with van der Waals surface area (Å²) in [6, 6.07) is -0.124. The fourth-order valence-electron chi connectivity index (χ4n) is 3.50. The lowest BCUT2D eigenvalue weighted by atomic mass is 10.1. The fraction of sp³-hybridized carbons (Fsp3) is 0.500. The summed E-state index contributed by atoms with van der Waals surface area (Å²) in [5.74, 6) is 0.285. The third kappa shape index (κ3) is 2.76. The van der Waals surface area contributed by atoms with E-state index in [4.69, 9.17) is 11.6 Å². The van der Waals surface area contributed by atoms with Crippen molar-refractivity contribution in [3.05, 3.63) is 21.2 Å². The molecule has 12 heteroatoms. The van der Waals surface area contributed by atoms with Crippen LogP contribution in [0.5, 0.6) is 0 Å². The predicted molar refractivity (Wildman–Crippen MR) is 116 cm³/mol. The molecule has 2 atom stereocenters. The number of halogens is 3. The van der Waals surface area contributed by atoms with Crippen molar-refractivity contribution in [3.63, 3.8) is 0 Å². The second-order valence-electron chi connectivity index (χ2n) is 6.56. The third-order valence-corrected chi connectivity index (χ3v) is 9.42. The largest absolute Gasteiger partial charge is 0.360 e. The predicted octanol–water partition coefficient (Wildman–Crippen LogP) is 1.97. The zero-order chi connectivity index (χ0) is 19.0. The first-order chi connectivity index (χ1) is 12.1. The van der Waals surface area contributed by atoms with Gasteiger partial charge in [-0.1, -0.05) is 11.6 Å². The van der Waals surface area contributed by atoms with E-state index in [-0.39, 0.29) is 33.4 Å². The number of anilines is 1. The van der Waals surface area contributed by atoms with Gasteiger partial charge >= 0.3 is 5.69 Å². The van der Waals surface area contributed by atoms with Gasteiger partial charge in [-0.15, -0.1) is 0 Å². The van der Waals surface area contributed by atoms with Crippen molar-refractivity contribution in [2.45, 2.75) is 30.8 Å². The molecule has 1 fully saturated rings. The lowest BCUT2D eigenvalue weighted by Crippen LogP contribution is -2.56. The molecule has 8 nitrogen and oxygen atoms in total. The average molecular weight is 622 g/mol. The maximum Gasteiger partial charge on any atom is 0.360 e. The van der Waals surface area contributed by atoms with Gasteiger partial charge in [-0.3, -0.25) is 0 Å². The van der Waals surface area contributed by atoms with Crippen molar-refractivity contribution in [2.75, 3.05) is 23.7 Å². The van der Waals surface area contributed by atoms with E-state index in [0.29, 0.717) is 30.0 Å². The highest BCUT2D eigenvalue weighted by atomic mass is 127. The topological polar surface area (TPSA) is 88.4 Å². The van der Waals surface area contributed by atoms with Crippen molar-refractivity contribution >= 4 is 84.0 Å². The van der Waals surface area contributed by atoms with Crippen molar-refractivity contribution in [3.8, 4) is 0 Å². The van der Waals surface area contributed by atoms with Gasteiger partial charge in [0, 0.05) is 42.0 Å². The Kier molecular flexibility index (Phi) is 4.69. The molecule has 2 aromatic heterocycles. The first-order valence-electron chi connectivity index (χ1n) is 7.82. The fourth-order valence-corrected chi connectivity index (χ4v) is 6.95. The van der Waals surface area contributed by atoms with Crippen LogP contribution in [0.25, 0.3) is 11.0 Å². The van der Waals surface area contributed by atoms with Gasteiger partial charge in [0.25, 0.3) is 0 Å². The average Bonchev–Trinajstić information content (AvgIpc) is 2.63. The molecule has 2 unspecified atom stereocenters. The number of piperazine rings is 1. The van der Waals surface area contributed by atoms with Gasteiger partial charge in [0.1, 0.15) is 10.7 Å². The van der Waals surface area contributed by atoms with E-state index in [9.17, 15) is 13.2 Å². The number of rotatable bonds is 0. The number of hydrogen-bond acceptors (Lipinski definition) is 7. The van der Waals surface area contributed by atoms with Gasteiger partial charge in [-0.05, 0) is 13.8 Å². The second kappa shape index (κ2) is 6.39. The van der Waals surface area contributed by atoms with E-state index in [2.05, 4.69) is 42.9 Å². The molecule has 4 heterocycles. The van der Waals surface area contributed by atoms with E-state index in [1.807, 2.05) is 4.90 Å². The highest BCUT2D eigenvalue weighted by Crippen LogP contribution is 2.41. The van der Waals surface area contributed by atoms with Gasteiger partial charge in [0.15, 0.2) is 15.5 Å². The molecule has 0 amide bonds. The van der Waals surface area contributed by atoms with Crippen molar-refractivity contribution in [2.24, 2.45) is 0 Å². The molecule has 4 rings (SSSR count). The van der Waals surface area contributed by atoms with Crippen LogP contribution in [-0.4, -0.2) is 55.2 Å². The van der Waals surface area contributed by atoms with Gasteiger partial charge in [0.05, 0.1) is 50.8 Å². The summed E-state index contributed by atoms with van der Waals surface area (Å²) in [6.45, 7) is 4.82. The maximum atomic E-state index is 13.2. The minimum Gasteiger partial charge on any atom is -0.349 e. The number of hydrogen-bond donors (Lipinski definition) is 0. The monoisotopic (exact) mass is 621 g/mol. The molecule has 140 valence electrons. The SMILES string of the molecule is Cc1nc2c3c(nc(=O)n2I)N2CC(C)N(I)CC2CS(=O)(=O)c3c1Cl. The lowest BCUT2D eigenvalue weighted by molar-refractivity contribution is 0.321. The van der Waals surface area contributed by atoms with Crippen molar-refractivity contribution < 1.29 is 8.42 Å². The minimum absolute atomic E-state index is 0.0386. The number of nitrogens with zero attached hydrogens (tertiary/aromatic N) is 5. The molecular formula is C14H14ClI2N5O3S. The molecule has 0 N–H and O–H groups in total. The Balaban J connectivity index is 2.17. The Morgan fingerprint density at radius 2 is 1.92 bits per heavy atom. The molecule has 2 aliphatic rings.